The number of ether oxygens (including phenoxy) is 1. The van der Waals surface area contributed by atoms with Gasteiger partial charge >= 0.3 is 0 Å². The molecule has 0 amide bonds. The highest BCUT2D eigenvalue weighted by Crippen LogP contribution is 2.39. The number of hydrogen-bond acceptors (Lipinski definition) is 3. The molecule has 0 aliphatic carbocycles. The Labute approximate surface area is 277 Å². The summed E-state index contributed by atoms with van der Waals surface area (Å²) in [4.78, 5) is 4.73. The van der Waals surface area contributed by atoms with Crippen molar-refractivity contribution in [3.05, 3.63) is 132 Å². The summed E-state index contributed by atoms with van der Waals surface area (Å²) in [5.41, 5.74) is 10.3. The highest BCUT2D eigenvalue weighted by Gasteiger charge is 2.29. The number of nitrogens with zero attached hydrogens (tertiary/aromatic N) is 4. The van der Waals surface area contributed by atoms with E-state index in [0.29, 0.717) is 0 Å². The van der Waals surface area contributed by atoms with E-state index in [-0.39, 0.29) is 5.41 Å². The summed E-state index contributed by atoms with van der Waals surface area (Å²) in [6.07, 6.45) is 4.84. The number of pyridine rings is 1. The Hall–Kier alpha value is -5.16. The minimum Gasteiger partial charge on any atom is -0.457 e. The van der Waals surface area contributed by atoms with Crippen LogP contribution in [0.1, 0.15) is 63.6 Å². The molecule has 0 aliphatic heterocycles. The summed E-state index contributed by atoms with van der Waals surface area (Å²) in [6, 6.07) is 36.3. The summed E-state index contributed by atoms with van der Waals surface area (Å²) >= 11 is 0. The van der Waals surface area contributed by atoms with Gasteiger partial charge < -0.3 is 4.74 Å². The van der Waals surface area contributed by atoms with E-state index >= 15 is 0 Å². The van der Waals surface area contributed by atoms with Gasteiger partial charge in [0.2, 0.25) is 0 Å². The number of rotatable bonds is 8. The molecule has 0 fully saturated rings. The van der Waals surface area contributed by atoms with Crippen molar-refractivity contribution in [2.75, 3.05) is 0 Å². The fourth-order valence-corrected chi connectivity index (χ4v) is 6.68. The first kappa shape index (κ1) is 30.5. The summed E-state index contributed by atoms with van der Waals surface area (Å²) in [5.74, 6) is 2.43. The Bertz CT molecular complexity index is 2210. The fraction of sp³-hybridized carbons (Fsp3) is 0.238. The maximum Gasteiger partial charge on any atom is 0.137 e. The van der Waals surface area contributed by atoms with Gasteiger partial charge in [0, 0.05) is 40.1 Å². The first-order chi connectivity index (χ1) is 22.7. The Morgan fingerprint density at radius 2 is 1.51 bits per heavy atom. The van der Waals surface area contributed by atoms with Crippen molar-refractivity contribution in [3.8, 4) is 34.1 Å². The Balaban J connectivity index is 1.32. The van der Waals surface area contributed by atoms with E-state index < -0.39 is 0 Å². The molecule has 0 saturated carbocycles. The third kappa shape index (κ3) is 5.71. The largest absolute Gasteiger partial charge is 0.457 e. The van der Waals surface area contributed by atoms with E-state index in [1.165, 1.54) is 38.7 Å². The number of hydrogen-bond donors (Lipinski definition) is 0. The van der Waals surface area contributed by atoms with Crippen molar-refractivity contribution >= 4 is 21.8 Å². The standard InChI is InChI=1S/C42H42N4O/c1-7-12-36-40(30-19-17-29(8-2)18-20-30)41(42(4,5)6)46(44-36)31-13-11-14-32(26-31)47-33-21-22-35-34-15-9-10-16-37(34)45(38(35)27-33)39-25-28(3)23-24-43-39/h9-11,13-27H,7-8,12H2,1-6H3. The normalized spacial score (nSPS) is 11.9. The Kier molecular flexibility index (Phi) is 7.93. The molecule has 4 aromatic carbocycles. The van der Waals surface area contributed by atoms with Crippen LogP contribution in [0.2, 0.25) is 0 Å². The lowest BCUT2D eigenvalue weighted by Crippen LogP contribution is -2.18. The van der Waals surface area contributed by atoms with Crippen LogP contribution in [0.25, 0.3) is 44.4 Å². The first-order valence-corrected chi connectivity index (χ1v) is 16.7. The summed E-state index contributed by atoms with van der Waals surface area (Å²) in [7, 11) is 0. The van der Waals surface area contributed by atoms with Gasteiger partial charge in [-0.3, -0.25) is 4.57 Å². The molecule has 0 radical (unpaired) electrons. The highest BCUT2D eigenvalue weighted by atomic mass is 16.5. The molecule has 7 aromatic rings. The zero-order valence-electron chi connectivity index (χ0n) is 28.2. The predicted octanol–water partition coefficient (Wildman–Crippen LogP) is 10.9. The van der Waals surface area contributed by atoms with Crippen molar-refractivity contribution in [3.63, 3.8) is 0 Å². The van der Waals surface area contributed by atoms with Gasteiger partial charge in [-0.05, 0) is 78.9 Å². The molecule has 0 atom stereocenters. The molecule has 0 unspecified atom stereocenters. The first-order valence-electron chi connectivity index (χ1n) is 16.7. The molecule has 0 N–H and O–H groups in total. The van der Waals surface area contributed by atoms with E-state index in [4.69, 9.17) is 14.8 Å². The molecule has 0 bridgehead atoms. The third-order valence-corrected chi connectivity index (χ3v) is 8.88. The lowest BCUT2D eigenvalue weighted by molar-refractivity contribution is 0.482. The molecule has 7 rings (SSSR count). The van der Waals surface area contributed by atoms with E-state index in [1.54, 1.807) is 0 Å². The van der Waals surface area contributed by atoms with E-state index in [9.17, 15) is 0 Å². The second-order valence-corrected chi connectivity index (χ2v) is 13.5. The zero-order valence-corrected chi connectivity index (χ0v) is 28.2. The molecular formula is C42H42N4O. The van der Waals surface area contributed by atoms with Crippen molar-refractivity contribution < 1.29 is 4.74 Å². The van der Waals surface area contributed by atoms with Crippen LogP contribution in [-0.2, 0) is 18.3 Å². The molecule has 5 nitrogen and oxygen atoms in total. The van der Waals surface area contributed by atoms with E-state index in [1.807, 2.05) is 18.3 Å². The molecule has 0 saturated heterocycles. The molecule has 236 valence electrons. The maximum atomic E-state index is 6.60. The number of aryl methyl sites for hydroxylation is 3. The van der Waals surface area contributed by atoms with Crippen LogP contribution in [0, 0.1) is 6.92 Å². The van der Waals surface area contributed by atoms with Gasteiger partial charge in [0.05, 0.1) is 28.1 Å². The van der Waals surface area contributed by atoms with Gasteiger partial charge in [0.15, 0.2) is 0 Å². The average Bonchev–Trinajstić information content (AvgIpc) is 3.61. The number of aromatic nitrogens is 4. The number of para-hydroxylation sites is 1. The van der Waals surface area contributed by atoms with Gasteiger partial charge in [0.1, 0.15) is 17.3 Å². The maximum absolute atomic E-state index is 6.60. The van der Waals surface area contributed by atoms with Crippen LogP contribution in [0.5, 0.6) is 11.5 Å². The number of benzene rings is 4. The van der Waals surface area contributed by atoms with Gasteiger partial charge in [0.25, 0.3) is 0 Å². The molecule has 3 aromatic heterocycles. The third-order valence-electron chi connectivity index (χ3n) is 8.88. The van der Waals surface area contributed by atoms with Crippen LogP contribution >= 0.6 is 0 Å². The quantitative estimate of drug-likeness (QED) is 0.170. The second kappa shape index (κ2) is 12.2. The van der Waals surface area contributed by atoms with Crippen LogP contribution in [0.15, 0.2) is 109 Å². The summed E-state index contributed by atoms with van der Waals surface area (Å²) in [5, 5.41) is 7.63. The summed E-state index contributed by atoms with van der Waals surface area (Å²) in [6.45, 7) is 13.3. The van der Waals surface area contributed by atoms with Crippen molar-refractivity contribution in [1.82, 2.24) is 19.3 Å². The van der Waals surface area contributed by atoms with Crippen LogP contribution < -0.4 is 4.74 Å². The topological polar surface area (TPSA) is 44.9 Å². The van der Waals surface area contributed by atoms with Crippen molar-refractivity contribution in [2.45, 2.75) is 66.2 Å². The lowest BCUT2D eigenvalue weighted by atomic mass is 9.85. The molecule has 47 heavy (non-hydrogen) atoms. The van der Waals surface area contributed by atoms with Crippen molar-refractivity contribution in [1.29, 1.82) is 0 Å². The summed E-state index contributed by atoms with van der Waals surface area (Å²) < 4.78 is 11.0. The van der Waals surface area contributed by atoms with Crippen molar-refractivity contribution in [2.24, 2.45) is 0 Å². The second-order valence-electron chi connectivity index (χ2n) is 13.5. The SMILES string of the molecule is CCCc1nn(-c2cccc(Oc3ccc4c5ccccc5n(-c5cc(C)ccn5)c4c3)c2)c(C(C)(C)C)c1-c1ccc(CC)cc1. The highest BCUT2D eigenvalue weighted by molar-refractivity contribution is 6.09. The molecule has 0 spiro atoms. The van der Waals surface area contributed by atoms with Gasteiger partial charge in [-0.2, -0.15) is 5.10 Å². The predicted molar refractivity (Wildman–Crippen MR) is 194 cm³/mol. The zero-order chi connectivity index (χ0) is 32.7. The Morgan fingerprint density at radius 1 is 0.745 bits per heavy atom. The molecule has 3 heterocycles. The lowest BCUT2D eigenvalue weighted by Gasteiger charge is -2.23. The van der Waals surface area contributed by atoms with E-state index in [2.05, 4.69) is 142 Å². The van der Waals surface area contributed by atoms with E-state index in [0.717, 1.165) is 59.0 Å². The van der Waals surface area contributed by atoms with Crippen LogP contribution in [0.3, 0.4) is 0 Å². The van der Waals surface area contributed by atoms with Crippen LogP contribution in [-0.4, -0.2) is 19.3 Å². The molecule has 5 heteroatoms. The van der Waals surface area contributed by atoms with Crippen LogP contribution in [0.4, 0.5) is 0 Å². The molecular weight excluding hydrogens is 576 g/mol. The molecule has 0 aliphatic rings. The van der Waals surface area contributed by atoms with Gasteiger partial charge in [-0.25, -0.2) is 9.67 Å². The smallest absolute Gasteiger partial charge is 0.137 e. The Morgan fingerprint density at radius 3 is 2.26 bits per heavy atom. The average molecular weight is 619 g/mol. The number of fused-ring (bicyclic) bond motifs is 3. The minimum absolute atomic E-state index is 0.142. The monoisotopic (exact) mass is 618 g/mol. The van der Waals surface area contributed by atoms with Gasteiger partial charge in [-0.15, -0.1) is 0 Å². The minimum atomic E-state index is -0.142. The van der Waals surface area contributed by atoms with Gasteiger partial charge in [-0.1, -0.05) is 89.6 Å². The fourth-order valence-electron chi connectivity index (χ4n) is 6.68.